The van der Waals surface area contributed by atoms with Gasteiger partial charge in [0.25, 0.3) is 0 Å². The van der Waals surface area contributed by atoms with E-state index in [9.17, 15) is 13.6 Å². The van der Waals surface area contributed by atoms with Gasteiger partial charge in [-0.1, -0.05) is 20.3 Å². The molecule has 2 nitrogen and oxygen atoms in total. The first kappa shape index (κ1) is 12.6. The minimum absolute atomic E-state index is 0.127. The highest BCUT2D eigenvalue weighted by molar-refractivity contribution is 5.92. The van der Waals surface area contributed by atoms with Crippen LogP contribution in [0, 0.1) is 17.6 Å². The number of hydrogen-bond acceptors (Lipinski definition) is 1. The van der Waals surface area contributed by atoms with Crippen molar-refractivity contribution in [2.24, 2.45) is 5.92 Å². The molecule has 0 aliphatic carbocycles. The Kier molecular flexibility index (Phi) is 4.40. The first-order valence-corrected chi connectivity index (χ1v) is 5.30. The van der Waals surface area contributed by atoms with Gasteiger partial charge in [-0.15, -0.1) is 0 Å². The summed E-state index contributed by atoms with van der Waals surface area (Å²) in [5.41, 5.74) is 0.284. The van der Waals surface area contributed by atoms with Gasteiger partial charge in [0, 0.05) is 17.7 Å². The molecule has 0 saturated heterocycles. The molecule has 1 unspecified atom stereocenters. The van der Waals surface area contributed by atoms with Crippen LogP contribution in [0.1, 0.15) is 26.7 Å². The Morgan fingerprint density at radius 1 is 1.38 bits per heavy atom. The maximum atomic E-state index is 12.9. The van der Waals surface area contributed by atoms with E-state index in [2.05, 4.69) is 5.32 Å². The van der Waals surface area contributed by atoms with Crippen molar-refractivity contribution in [3.8, 4) is 0 Å². The summed E-state index contributed by atoms with van der Waals surface area (Å²) in [7, 11) is 0. The van der Waals surface area contributed by atoms with Crippen LogP contribution in [0.25, 0.3) is 0 Å². The summed E-state index contributed by atoms with van der Waals surface area (Å²) >= 11 is 0. The SMILES string of the molecule is CCCC(C)C(=O)Nc1ccc(F)c(F)c1. The molecule has 88 valence electrons. The zero-order chi connectivity index (χ0) is 12.1. The Morgan fingerprint density at radius 3 is 2.62 bits per heavy atom. The predicted octanol–water partition coefficient (Wildman–Crippen LogP) is 3.34. The number of nitrogens with one attached hydrogen (secondary N) is 1. The molecule has 0 aliphatic heterocycles. The van der Waals surface area contributed by atoms with E-state index in [1.165, 1.54) is 6.07 Å². The van der Waals surface area contributed by atoms with E-state index in [0.717, 1.165) is 25.0 Å². The van der Waals surface area contributed by atoms with Gasteiger partial charge in [-0.05, 0) is 18.6 Å². The molecule has 1 rings (SSSR count). The number of rotatable bonds is 4. The van der Waals surface area contributed by atoms with Crippen LogP contribution in [0.4, 0.5) is 14.5 Å². The number of carbonyl (C=O) groups is 1. The lowest BCUT2D eigenvalue weighted by Gasteiger charge is -2.11. The van der Waals surface area contributed by atoms with Crippen molar-refractivity contribution >= 4 is 11.6 Å². The van der Waals surface area contributed by atoms with Crippen molar-refractivity contribution in [3.63, 3.8) is 0 Å². The summed E-state index contributed by atoms with van der Waals surface area (Å²) in [5.74, 6) is -2.17. The monoisotopic (exact) mass is 227 g/mol. The third kappa shape index (κ3) is 3.29. The quantitative estimate of drug-likeness (QED) is 0.839. The minimum atomic E-state index is -0.957. The summed E-state index contributed by atoms with van der Waals surface area (Å²) in [5, 5.41) is 2.55. The molecule has 0 aromatic heterocycles. The number of halogens is 2. The topological polar surface area (TPSA) is 29.1 Å². The summed E-state index contributed by atoms with van der Waals surface area (Å²) in [4.78, 5) is 11.6. The molecule has 1 aromatic carbocycles. The van der Waals surface area contributed by atoms with E-state index in [1.54, 1.807) is 6.92 Å². The molecule has 1 amide bonds. The fraction of sp³-hybridized carbons (Fsp3) is 0.417. The molecule has 0 aliphatic rings. The highest BCUT2D eigenvalue weighted by Crippen LogP contribution is 2.15. The second-order valence-corrected chi connectivity index (χ2v) is 3.81. The van der Waals surface area contributed by atoms with Crippen molar-refractivity contribution in [2.45, 2.75) is 26.7 Å². The fourth-order valence-electron chi connectivity index (χ4n) is 1.40. The van der Waals surface area contributed by atoms with E-state index < -0.39 is 11.6 Å². The Hall–Kier alpha value is -1.45. The van der Waals surface area contributed by atoms with E-state index in [1.807, 2.05) is 6.92 Å². The van der Waals surface area contributed by atoms with Crippen molar-refractivity contribution in [3.05, 3.63) is 29.8 Å². The van der Waals surface area contributed by atoms with Gasteiger partial charge in [0.2, 0.25) is 5.91 Å². The fourth-order valence-corrected chi connectivity index (χ4v) is 1.40. The number of carbonyl (C=O) groups excluding carboxylic acids is 1. The molecule has 16 heavy (non-hydrogen) atoms. The van der Waals surface area contributed by atoms with E-state index >= 15 is 0 Å². The van der Waals surface area contributed by atoms with Gasteiger partial charge in [-0.2, -0.15) is 0 Å². The van der Waals surface area contributed by atoms with Crippen molar-refractivity contribution in [1.82, 2.24) is 0 Å². The smallest absolute Gasteiger partial charge is 0.227 e. The number of benzene rings is 1. The first-order valence-electron chi connectivity index (χ1n) is 5.30. The van der Waals surface area contributed by atoms with Crippen LogP contribution >= 0.6 is 0 Å². The lowest BCUT2D eigenvalue weighted by molar-refractivity contribution is -0.119. The first-order chi connectivity index (χ1) is 7.54. The zero-order valence-electron chi connectivity index (χ0n) is 9.39. The van der Waals surface area contributed by atoms with Gasteiger partial charge in [0.1, 0.15) is 0 Å². The molecule has 4 heteroatoms. The molecule has 0 fully saturated rings. The van der Waals surface area contributed by atoms with E-state index in [0.29, 0.717) is 0 Å². The molecular formula is C12H15F2NO. The van der Waals surface area contributed by atoms with Gasteiger partial charge in [-0.3, -0.25) is 4.79 Å². The maximum absolute atomic E-state index is 12.9. The van der Waals surface area contributed by atoms with Gasteiger partial charge in [0.05, 0.1) is 0 Å². The molecular weight excluding hydrogens is 212 g/mol. The average molecular weight is 227 g/mol. The summed E-state index contributed by atoms with van der Waals surface area (Å²) in [6.07, 6.45) is 1.68. The summed E-state index contributed by atoms with van der Waals surface area (Å²) in [6, 6.07) is 3.32. The largest absolute Gasteiger partial charge is 0.326 e. The molecule has 1 atom stereocenters. The number of anilines is 1. The van der Waals surface area contributed by atoms with Crippen LogP contribution in [0.2, 0.25) is 0 Å². The molecule has 0 heterocycles. The van der Waals surface area contributed by atoms with Crippen LogP contribution in [-0.4, -0.2) is 5.91 Å². The summed E-state index contributed by atoms with van der Waals surface area (Å²) in [6.45, 7) is 3.79. The van der Waals surface area contributed by atoms with Crippen LogP contribution in [0.3, 0.4) is 0 Å². The van der Waals surface area contributed by atoms with Crippen molar-refractivity contribution in [1.29, 1.82) is 0 Å². The lowest BCUT2D eigenvalue weighted by atomic mass is 10.1. The van der Waals surface area contributed by atoms with Crippen LogP contribution < -0.4 is 5.32 Å². The molecule has 1 aromatic rings. The summed E-state index contributed by atoms with van der Waals surface area (Å²) < 4.78 is 25.5. The van der Waals surface area contributed by atoms with Crippen molar-refractivity contribution < 1.29 is 13.6 Å². The molecule has 0 bridgehead atoms. The number of amides is 1. The average Bonchev–Trinajstić information content (AvgIpc) is 2.24. The van der Waals surface area contributed by atoms with Crippen molar-refractivity contribution in [2.75, 3.05) is 5.32 Å². The Labute approximate surface area is 93.7 Å². The normalized spacial score (nSPS) is 12.2. The Bertz CT molecular complexity index is 379. The lowest BCUT2D eigenvalue weighted by Crippen LogP contribution is -2.20. The van der Waals surface area contributed by atoms with Crippen LogP contribution in [-0.2, 0) is 4.79 Å². The minimum Gasteiger partial charge on any atom is -0.326 e. The maximum Gasteiger partial charge on any atom is 0.227 e. The zero-order valence-corrected chi connectivity index (χ0v) is 9.39. The Balaban J connectivity index is 2.66. The third-order valence-electron chi connectivity index (χ3n) is 2.36. The standard InChI is InChI=1S/C12H15F2NO/c1-3-4-8(2)12(16)15-9-5-6-10(13)11(14)7-9/h5-8H,3-4H2,1-2H3,(H,15,16). The molecule has 1 N–H and O–H groups in total. The molecule has 0 radical (unpaired) electrons. The van der Waals surface area contributed by atoms with E-state index in [-0.39, 0.29) is 17.5 Å². The van der Waals surface area contributed by atoms with E-state index in [4.69, 9.17) is 0 Å². The van der Waals surface area contributed by atoms with Gasteiger partial charge in [-0.25, -0.2) is 8.78 Å². The second kappa shape index (κ2) is 5.58. The molecule has 0 spiro atoms. The van der Waals surface area contributed by atoms with Crippen LogP contribution in [0.5, 0.6) is 0 Å². The van der Waals surface area contributed by atoms with Gasteiger partial charge < -0.3 is 5.32 Å². The Morgan fingerprint density at radius 2 is 2.06 bits per heavy atom. The number of hydrogen-bond donors (Lipinski definition) is 1. The highest BCUT2D eigenvalue weighted by atomic mass is 19.2. The van der Waals surface area contributed by atoms with Gasteiger partial charge >= 0.3 is 0 Å². The highest BCUT2D eigenvalue weighted by Gasteiger charge is 2.12. The van der Waals surface area contributed by atoms with Crippen LogP contribution in [0.15, 0.2) is 18.2 Å². The predicted molar refractivity (Wildman–Crippen MR) is 59.1 cm³/mol. The third-order valence-corrected chi connectivity index (χ3v) is 2.36. The van der Waals surface area contributed by atoms with Gasteiger partial charge in [0.15, 0.2) is 11.6 Å². The molecule has 0 saturated carbocycles. The second-order valence-electron chi connectivity index (χ2n) is 3.81.